The summed E-state index contributed by atoms with van der Waals surface area (Å²) in [5.74, 6) is 0. The van der Waals surface area contributed by atoms with Crippen LogP contribution in [-0.2, 0) is 0 Å². The van der Waals surface area contributed by atoms with E-state index >= 15 is 0 Å². The first-order valence-corrected chi connectivity index (χ1v) is 21.0. The number of benzene rings is 8. The molecule has 8 aromatic carbocycles. The van der Waals surface area contributed by atoms with Gasteiger partial charge < -0.3 is 9.80 Å². The van der Waals surface area contributed by atoms with E-state index in [0.29, 0.717) is 5.56 Å². The number of anilines is 6. The highest BCUT2D eigenvalue weighted by molar-refractivity contribution is 6.05. The van der Waals surface area contributed by atoms with Crippen LogP contribution in [0.4, 0.5) is 34.1 Å². The van der Waals surface area contributed by atoms with Gasteiger partial charge in [-0.2, -0.15) is 5.26 Å². The Morgan fingerprint density at radius 1 is 0.391 bits per heavy atom. The van der Waals surface area contributed by atoms with E-state index in [4.69, 9.17) is 4.98 Å². The lowest BCUT2D eigenvalue weighted by molar-refractivity contribution is 1.16. The van der Waals surface area contributed by atoms with Crippen molar-refractivity contribution in [2.24, 2.45) is 0 Å². The van der Waals surface area contributed by atoms with Gasteiger partial charge in [0.05, 0.1) is 34.2 Å². The van der Waals surface area contributed by atoms with Crippen LogP contribution in [0.1, 0.15) is 5.56 Å². The number of aromatic nitrogens is 4. The predicted octanol–water partition coefficient (Wildman–Crippen LogP) is 14.5. The fraction of sp³-hybridized carbons (Fsp3) is 0. The average molecular weight is 820 g/mol. The van der Waals surface area contributed by atoms with Crippen molar-refractivity contribution in [3.8, 4) is 39.4 Å². The minimum Gasteiger partial charge on any atom is -0.310 e. The number of rotatable bonds is 9. The summed E-state index contributed by atoms with van der Waals surface area (Å²) < 4.78 is 0. The van der Waals surface area contributed by atoms with Gasteiger partial charge in [0.1, 0.15) is 6.33 Å². The summed E-state index contributed by atoms with van der Waals surface area (Å²) in [4.78, 5) is 23.1. The summed E-state index contributed by atoms with van der Waals surface area (Å²) in [5.41, 5.74) is 12.8. The average Bonchev–Trinajstić information content (AvgIpc) is 3.37. The van der Waals surface area contributed by atoms with E-state index in [2.05, 4.69) is 176 Å². The molecule has 0 radical (unpaired) electrons. The topological polar surface area (TPSA) is 81.8 Å². The number of pyridine rings is 2. The Bertz CT molecular complexity index is 3520. The van der Waals surface area contributed by atoms with E-state index in [-0.39, 0.29) is 0 Å². The van der Waals surface area contributed by atoms with Crippen LogP contribution in [0.2, 0.25) is 0 Å². The van der Waals surface area contributed by atoms with Gasteiger partial charge in [-0.15, -0.1) is 0 Å². The van der Waals surface area contributed by atoms with Gasteiger partial charge in [-0.1, -0.05) is 91.0 Å². The Labute approximate surface area is 370 Å². The first-order chi connectivity index (χ1) is 31.7. The van der Waals surface area contributed by atoms with Gasteiger partial charge in [0.2, 0.25) is 0 Å². The van der Waals surface area contributed by atoms with Gasteiger partial charge in [-0.3, -0.25) is 9.97 Å². The van der Waals surface area contributed by atoms with Gasteiger partial charge >= 0.3 is 0 Å². The smallest absolute Gasteiger partial charge is 0.115 e. The van der Waals surface area contributed by atoms with E-state index in [1.54, 1.807) is 6.33 Å². The molecule has 3 heterocycles. The lowest BCUT2D eigenvalue weighted by atomic mass is 9.93. The highest BCUT2D eigenvalue weighted by Crippen LogP contribution is 2.52. The van der Waals surface area contributed by atoms with Crippen molar-refractivity contribution in [1.29, 1.82) is 5.26 Å². The largest absolute Gasteiger partial charge is 0.310 e. The Kier molecular flexibility index (Phi) is 9.77. The fourth-order valence-electron chi connectivity index (χ4n) is 8.70. The van der Waals surface area contributed by atoms with Crippen LogP contribution < -0.4 is 9.80 Å². The lowest BCUT2D eigenvalue weighted by Crippen LogP contribution is -2.16. The molecule has 0 saturated carbocycles. The second-order valence-electron chi connectivity index (χ2n) is 15.6. The molecule has 11 aromatic rings. The highest BCUT2D eigenvalue weighted by atomic mass is 15.2. The minimum absolute atomic E-state index is 0.574. The van der Waals surface area contributed by atoms with Crippen molar-refractivity contribution < 1.29 is 0 Å². The molecule has 0 saturated heterocycles. The van der Waals surface area contributed by atoms with Crippen LogP contribution >= 0.6 is 0 Å². The molecule has 0 aliphatic rings. The van der Waals surface area contributed by atoms with Gasteiger partial charge in [-0.25, -0.2) is 9.97 Å². The molecule has 0 unspecified atom stereocenters. The van der Waals surface area contributed by atoms with Gasteiger partial charge in [0, 0.05) is 69.9 Å². The van der Waals surface area contributed by atoms with Crippen LogP contribution in [-0.4, -0.2) is 19.9 Å². The van der Waals surface area contributed by atoms with Crippen LogP contribution in [0, 0.1) is 11.3 Å². The van der Waals surface area contributed by atoms with Crippen molar-refractivity contribution in [3.05, 3.63) is 231 Å². The maximum absolute atomic E-state index is 10.1. The van der Waals surface area contributed by atoms with Gasteiger partial charge in [0.15, 0.2) is 0 Å². The first kappa shape index (κ1) is 38.0. The molecule has 0 atom stereocenters. The minimum atomic E-state index is 0.574. The SMILES string of the molecule is N#Cc1cccc(-c2cc(N(c3ccc(-c4ccc5ccccc5c4)cc3)c3ccc4cnccc4c3)c(-c3cncnc3)c(N(c3ccccc3)c3cccc4ncccc34)c2)c1. The first-order valence-electron chi connectivity index (χ1n) is 21.0. The lowest BCUT2D eigenvalue weighted by Gasteiger charge is -2.34. The molecular weight excluding hydrogens is 783 g/mol. The molecular formula is C57H37N7. The van der Waals surface area contributed by atoms with E-state index in [9.17, 15) is 5.26 Å². The zero-order valence-corrected chi connectivity index (χ0v) is 34.5. The third-order valence-electron chi connectivity index (χ3n) is 11.7. The van der Waals surface area contributed by atoms with Crippen molar-refractivity contribution >= 4 is 66.6 Å². The number of nitrogens with zero attached hydrogens (tertiary/aromatic N) is 7. The summed E-state index contributed by atoms with van der Waals surface area (Å²) in [6.07, 6.45) is 10.9. The molecule has 0 fully saturated rings. The van der Waals surface area contributed by atoms with Crippen molar-refractivity contribution in [2.75, 3.05) is 9.80 Å². The Hall–Kier alpha value is -8.99. The number of para-hydroxylation sites is 1. The molecule has 300 valence electrons. The normalized spacial score (nSPS) is 11.1. The standard InChI is InChI=1S/C57H37N7/c58-34-39-9-6-12-42(29-39)47-32-55(57(48-36-60-38-61-37-48)56(33-47)64(49-13-2-1-3-14-49)54-17-7-16-53-52(54)15-8-27-62-53)63(51-25-22-46-35-59-28-26-45(46)31-51)50-23-20-41(21-24-50)44-19-18-40-10-4-5-11-43(40)30-44/h1-33,35-38H. The number of hydrogen-bond acceptors (Lipinski definition) is 7. The maximum atomic E-state index is 10.1. The highest BCUT2D eigenvalue weighted by Gasteiger charge is 2.27. The van der Waals surface area contributed by atoms with Crippen molar-refractivity contribution in [3.63, 3.8) is 0 Å². The maximum Gasteiger partial charge on any atom is 0.115 e. The molecule has 7 heteroatoms. The van der Waals surface area contributed by atoms with Crippen LogP contribution in [0.15, 0.2) is 225 Å². The molecule has 0 aliphatic heterocycles. The molecule has 0 spiro atoms. The zero-order chi connectivity index (χ0) is 42.8. The third kappa shape index (κ3) is 7.11. The second-order valence-corrected chi connectivity index (χ2v) is 15.6. The predicted molar refractivity (Wildman–Crippen MR) is 261 cm³/mol. The fourth-order valence-corrected chi connectivity index (χ4v) is 8.70. The van der Waals surface area contributed by atoms with Gasteiger partial charge in [0.25, 0.3) is 0 Å². The summed E-state index contributed by atoms with van der Waals surface area (Å²) in [6, 6.07) is 67.8. The Balaban J connectivity index is 1.24. The molecule has 0 N–H and O–H groups in total. The quantitative estimate of drug-likeness (QED) is 0.143. The Morgan fingerprint density at radius 2 is 1.09 bits per heavy atom. The number of fused-ring (bicyclic) bond motifs is 3. The molecule has 7 nitrogen and oxygen atoms in total. The molecule has 3 aromatic heterocycles. The van der Waals surface area contributed by atoms with Crippen LogP contribution in [0.5, 0.6) is 0 Å². The molecule has 0 amide bonds. The summed E-state index contributed by atoms with van der Waals surface area (Å²) in [7, 11) is 0. The molecule has 0 bridgehead atoms. The van der Waals surface area contributed by atoms with Crippen molar-refractivity contribution in [1.82, 2.24) is 19.9 Å². The second kappa shape index (κ2) is 16.5. The summed E-state index contributed by atoms with van der Waals surface area (Å²) >= 11 is 0. The summed E-state index contributed by atoms with van der Waals surface area (Å²) in [5, 5.41) is 15.6. The van der Waals surface area contributed by atoms with Crippen molar-refractivity contribution in [2.45, 2.75) is 0 Å². The van der Waals surface area contributed by atoms with E-state index in [0.717, 1.165) is 89.2 Å². The van der Waals surface area contributed by atoms with Crippen LogP contribution in [0.25, 0.3) is 65.8 Å². The monoisotopic (exact) mass is 819 g/mol. The summed E-state index contributed by atoms with van der Waals surface area (Å²) in [6.45, 7) is 0. The zero-order valence-electron chi connectivity index (χ0n) is 34.5. The number of nitriles is 1. The van der Waals surface area contributed by atoms with Gasteiger partial charge in [-0.05, 0) is 135 Å². The molecule has 11 rings (SSSR count). The Morgan fingerprint density at radius 3 is 1.94 bits per heavy atom. The third-order valence-corrected chi connectivity index (χ3v) is 11.7. The number of hydrogen-bond donors (Lipinski definition) is 0. The van der Waals surface area contributed by atoms with Crippen LogP contribution in [0.3, 0.4) is 0 Å². The molecule has 64 heavy (non-hydrogen) atoms. The van der Waals surface area contributed by atoms with E-state index < -0.39 is 0 Å². The van der Waals surface area contributed by atoms with E-state index in [1.165, 1.54) is 10.8 Å². The molecule has 0 aliphatic carbocycles. The van der Waals surface area contributed by atoms with E-state index in [1.807, 2.05) is 73.4 Å².